The maximum absolute atomic E-state index is 4.46. The highest BCUT2D eigenvalue weighted by Crippen LogP contribution is 2.16. The van der Waals surface area contributed by atoms with Crippen LogP contribution in [0.5, 0.6) is 0 Å². The Bertz CT molecular complexity index is 375. The molecule has 0 atom stereocenters. The smallest absolute Gasteiger partial charge is 0.0389 e. The molecule has 0 N–H and O–H groups in total. The molecule has 0 aromatic heterocycles. The van der Waals surface area contributed by atoms with Crippen LogP contribution in [0.3, 0.4) is 0 Å². The summed E-state index contributed by atoms with van der Waals surface area (Å²) in [5.41, 5.74) is 3.80. The second-order valence-corrected chi connectivity index (χ2v) is 3.95. The predicted molar refractivity (Wildman–Crippen MR) is 73.1 cm³/mol. The average molecular weight is 215 g/mol. The zero-order valence-electron chi connectivity index (χ0n) is 10.5. The van der Waals surface area contributed by atoms with Crippen LogP contribution in [0.2, 0.25) is 0 Å². The Morgan fingerprint density at radius 3 is 2.69 bits per heavy atom. The molecule has 1 aromatic carbocycles. The monoisotopic (exact) mass is 215 g/mol. The van der Waals surface area contributed by atoms with E-state index in [2.05, 4.69) is 56.1 Å². The number of rotatable bonds is 5. The highest BCUT2D eigenvalue weighted by atomic mass is 14.7. The summed E-state index contributed by atoms with van der Waals surface area (Å²) >= 11 is 0. The van der Waals surface area contributed by atoms with Crippen molar-refractivity contribution in [2.24, 2.45) is 4.99 Å². The molecule has 86 valence electrons. The molecule has 1 aromatic rings. The third-order valence-electron chi connectivity index (χ3n) is 2.64. The van der Waals surface area contributed by atoms with Crippen molar-refractivity contribution in [3.8, 4) is 0 Å². The van der Waals surface area contributed by atoms with Gasteiger partial charge in [0.25, 0.3) is 0 Å². The highest BCUT2D eigenvalue weighted by molar-refractivity contribution is 6.10. The number of benzene rings is 1. The van der Waals surface area contributed by atoms with Crippen molar-refractivity contribution in [2.45, 2.75) is 33.6 Å². The number of aryl methyl sites for hydroxylation is 1. The van der Waals surface area contributed by atoms with Gasteiger partial charge in [-0.15, -0.1) is 0 Å². The summed E-state index contributed by atoms with van der Waals surface area (Å²) < 4.78 is 0. The van der Waals surface area contributed by atoms with Crippen LogP contribution in [0.15, 0.2) is 35.3 Å². The van der Waals surface area contributed by atoms with Gasteiger partial charge in [-0.25, -0.2) is 0 Å². The molecule has 1 nitrogen and oxygen atoms in total. The van der Waals surface area contributed by atoms with Gasteiger partial charge >= 0.3 is 0 Å². The molecule has 0 saturated heterocycles. The Labute approximate surface area is 98.9 Å². The fraction of sp³-hybridized carbons (Fsp3) is 0.400. The molecule has 1 rings (SSSR count). The van der Waals surface area contributed by atoms with E-state index in [1.807, 2.05) is 6.21 Å². The lowest BCUT2D eigenvalue weighted by Crippen LogP contribution is -1.90. The van der Waals surface area contributed by atoms with Gasteiger partial charge in [0.15, 0.2) is 0 Å². The van der Waals surface area contributed by atoms with Gasteiger partial charge in [0.1, 0.15) is 0 Å². The Hall–Kier alpha value is -1.37. The summed E-state index contributed by atoms with van der Waals surface area (Å²) in [6.07, 6.45) is 6.49. The van der Waals surface area contributed by atoms with E-state index >= 15 is 0 Å². The first-order valence-electron chi connectivity index (χ1n) is 6.01. The number of aliphatic imine (C=N–C) groups is 1. The maximum atomic E-state index is 4.46. The molecule has 0 heterocycles. The van der Waals surface area contributed by atoms with Gasteiger partial charge in [-0.1, -0.05) is 43.7 Å². The van der Waals surface area contributed by atoms with Crippen molar-refractivity contribution in [1.82, 2.24) is 0 Å². The van der Waals surface area contributed by atoms with Crippen molar-refractivity contribution in [3.05, 3.63) is 41.5 Å². The second-order valence-electron chi connectivity index (χ2n) is 3.95. The van der Waals surface area contributed by atoms with Crippen LogP contribution in [0.1, 0.15) is 37.8 Å². The van der Waals surface area contributed by atoms with E-state index in [9.17, 15) is 0 Å². The first-order valence-corrected chi connectivity index (χ1v) is 6.01. The molecule has 0 aliphatic heterocycles. The summed E-state index contributed by atoms with van der Waals surface area (Å²) in [4.78, 5) is 4.46. The number of unbranched alkanes of at least 4 members (excludes halogenated alkanes) is 1. The van der Waals surface area contributed by atoms with Gasteiger partial charge in [0, 0.05) is 12.8 Å². The topological polar surface area (TPSA) is 12.4 Å². The number of nitrogens with zero attached hydrogens (tertiary/aromatic N) is 1. The standard InChI is InChI=1S/C15H21N/c1-4-6-11-16-12-14(5-2)15-10-8-7-9-13(15)3/h5,7-10,12H,4,6,11H2,1-3H3/b14-5-,16-12?. The van der Waals surface area contributed by atoms with Crippen LogP contribution >= 0.6 is 0 Å². The van der Waals surface area contributed by atoms with Gasteiger partial charge in [-0.2, -0.15) is 0 Å². The molecule has 1 heteroatoms. The molecule has 0 radical (unpaired) electrons. The summed E-state index contributed by atoms with van der Waals surface area (Å²) in [6, 6.07) is 8.43. The van der Waals surface area contributed by atoms with Crippen molar-refractivity contribution >= 4 is 11.8 Å². The fourth-order valence-electron chi connectivity index (χ4n) is 1.61. The van der Waals surface area contributed by atoms with Crippen LogP contribution in [-0.2, 0) is 0 Å². The Balaban J connectivity index is 2.77. The van der Waals surface area contributed by atoms with Crippen molar-refractivity contribution < 1.29 is 0 Å². The Morgan fingerprint density at radius 1 is 1.31 bits per heavy atom. The van der Waals surface area contributed by atoms with Crippen LogP contribution in [0, 0.1) is 6.92 Å². The predicted octanol–water partition coefficient (Wildman–Crippen LogP) is 4.27. The van der Waals surface area contributed by atoms with Crippen LogP contribution in [-0.4, -0.2) is 12.8 Å². The minimum Gasteiger partial charge on any atom is -0.293 e. The van der Waals surface area contributed by atoms with E-state index in [4.69, 9.17) is 0 Å². The quantitative estimate of drug-likeness (QED) is 0.514. The zero-order valence-corrected chi connectivity index (χ0v) is 10.5. The van der Waals surface area contributed by atoms with Crippen molar-refractivity contribution in [1.29, 1.82) is 0 Å². The molecular formula is C15H21N. The largest absolute Gasteiger partial charge is 0.293 e. The van der Waals surface area contributed by atoms with Crippen LogP contribution in [0.25, 0.3) is 5.57 Å². The Kier molecular flexibility index (Phi) is 5.55. The van der Waals surface area contributed by atoms with E-state index in [-0.39, 0.29) is 0 Å². The first-order chi connectivity index (χ1) is 7.79. The fourth-order valence-corrected chi connectivity index (χ4v) is 1.61. The molecular weight excluding hydrogens is 194 g/mol. The van der Waals surface area contributed by atoms with E-state index < -0.39 is 0 Å². The van der Waals surface area contributed by atoms with E-state index in [1.165, 1.54) is 29.5 Å². The maximum Gasteiger partial charge on any atom is 0.0389 e. The van der Waals surface area contributed by atoms with Gasteiger partial charge in [-0.05, 0) is 37.0 Å². The summed E-state index contributed by atoms with van der Waals surface area (Å²) in [5.74, 6) is 0. The third kappa shape index (κ3) is 3.65. The molecule has 0 aliphatic rings. The first kappa shape index (κ1) is 12.7. The molecule has 0 amide bonds. The SMILES string of the molecule is C/C=C(/C=NCCCC)c1ccccc1C. The number of allylic oxidation sites excluding steroid dienone is 2. The molecule has 16 heavy (non-hydrogen) atoms. The number of hydrogen-bond donors (Lipinski definition) is 0. The van der Waals surface area contributed by atoms with Crippen LogP contribution in [0.4, 0.5) is 0 Å². The molecule has 0 saturated carbocycles. The molecule has 0 aliphatic carbocycles. The lowest BCUT2D eigenvalue weighted by atomic mass is 10.0. The molecule has 0 bridgehead atoms. The third-order valence-corrected chi connectivity index (χ3v) is 2.64. The van der Waals surface area contributed by atoms with Crippen molar-refractivity contribution in [2.75, 3.05) is 6.54 Å². The van der Waals surface area contributed by atoms with Gasteiger partial charge in [0.05, 0.1) is 0 Å². The minimum absolute atomic E-state index is 0.930. The van der Waals surface area contributed by atoms with Gasteiger partial charge < -0.3 is 0 Å². The van der Waals surface area contributed by atoms with Gasteiger partial charge in [-0.3, -0.25) is 4.99 Å². The molecule has 0 fully saturated rings. The number of hydrogen-bond acceptors (Lipinski definition) is 1. The molecule has 0 spiro atoms. The Morgan fingerprint density at radius 2 is 2.06 bits per heavy atom. The summed E-state index contributed by atoms with van der Waals surface area (Å²) in [5, 5.41) is 0. The normalized spacial score (nSPS) is 12.3. The lowest BCUT2D eigenvalue weighted by Gasteiger charge is -2.05. The second kappa shape index (κ2) is 7.00. The van der Waals surface area contributed by atoms with Crippen LogP contribution < -0.4 is 0 Å². The molecule has 0 unspecified atom stereocenters. The minimum atomic E-state index is 0.930. The van der Waals surface area contributed by atoms with Crippen molar-refractivity contribution in [3.63, 3.8) is 0 Å². The van der Waals surface area contributed by atoms with E-state index in [1.54, 1.807) is 0 Å². The zero-order chi connectivity index (χ0) is 11.8. The lowest BCUT2D eigenvalue weighted by molar-refractivity contribution is 0.810. The van der Waals surface area contributed by atoms with E-state index in [0.29, 0.717) is 0 Å². The van der Waals surface area contributed by atoms with Gasteiger partial charge in [0.2, 0.25) is 0 Å². The van der Waals surface area contributed by atoms with E-state index in [0.717, 1.165) is 6.54 Å². The highest BCUT2D eigenvalue weighted by Gasteiger charge is 1.99. The average Bonchev–Trinajstić information content (AvgIpc) is 2.31. The summed E-state index contributed by atoms with van der Waals surface area (Å²) in [7, 11) is 0. The summed E-state index contributed by atoms with van der Waals surface area (Å²) in [6.45, 7) is 7.32.